The van der Waals surface area contributed by atoms with Crippen molar-refractivity contribution in [3.8, 4) is 5.75 Å². The molecule has 0 aliphatic carbocycles. The van der Waals surface area contributed by atoms with Crippen LogP contribution >= 0.6 is 22.9 Å². The van der Waals surface area contributed by atoms with Gasteiger partial charge in [-0.15, -0.1) is 11.3 Å². The lowest BCUT2D eigenvalue weighted by Crippen LogP contribution is -2.13. The van der Waals surface area contributed by atoms with Crippen LogP contribution in [0.5, 0.6) is 5.75 Å². The standard InChI is InChI=1S/C16H15ClO4S/c1-3-20-16(19)15-10(2)22-9-14(15)21-8-13(18)11-4-6-12(17)7-5-11/h4-7,9H,3,8H2,1-2H3. The van der Waals surface area contributed by atoms with Crippen LogP contribution < -0.4 is 4.74 Å². The van der Waals surface area contributed by atoms with Crippen LogP contribution in [-0.4, -0.2) is 25.0 Å². The molecule has 0 atom stereocenters. The third-order valence-electron chi connectivity index (χ3n) is 2.95. The molecule has 0 radical (unpaired) electrons. The van der Waals surface area contributed by atoms with Crippen LogP contribution in [0.1, 0.15) is 32.5 Å². The van der Waals surface area contributed by atoms with Crippen molar-refractivity contribution in [1.82, 2.24) is 0 Å². The van der Waals surface area contributed by atoms with E-state index in [9.17, 15) is 9.59 Å². The first-order chi connectivity index (χ1) is 10.5. The summed E-state index contributed by atoms with van der Waals surface area (Å²) in [6, 6.07) is 6.57. The van der Waals surface area contributed by atoms with Crippen LogP contribution in [0.2, 0.25) is 5.02 Å². The van der Waals surface area contributed by atoms with Gasteiger partial charge in [-0.2, -0.15) is 0 Å². The van der Waals surface area contributed by atoms with E-state index in [1.165, 1.54) is 11.3 Å². The maximum Gasteiger partial charge on any atom is 0.343 e. The molecule has 2 rings (SSSR count). The summed E-state index contributed by atoms with van der Waals surface area (Å²) in [4.78, 5) is 24.8. The molecule has 0 fully saturated rings. The van der Waals surface area contributed by atoms with Gasteiger partial charge in [0.15, 0.2) is 12.4 Å². The van der Waals surface area contributed by atoms with Gasteiger partial charge in [0, 0.05) is 20.8 Å². The third-order valence-corrected chi connectivity index (χ3v) is 4.09. The monoisotopic (exact) mass is 338 g/mol. The Hall–Kier alpha value is -1.85. The number of thiophene rings is 1. The predicted molar refractivity (Wildman–Crippen MR) is 86.3 cm³/mol. The van der Waals surface area contributed by atoms with Crippen LogP contribution in [0.15, 0.2) is 29.6 Å². The fourth-order valence-corrected chi connectivity index (χ4v) is 2.75. The van der Waals surface area contributed by atoms with Gasteiger partial charge in [0.25, 0.3) is 0 Å². The smallest absolute Gasteiger partial charge is 0.343 e. The first kappa shape index (κ1) is 16.5. The first-order valence-corrected chi connectivity index (χ1v) is 7.95. The minimum atomic E-state index is -0.435. The number of ether oxygens (including phenoxy) is 2. The van der Waals surface area contributed by atoms with Crippen molar-refractivity contribution in [3.05, 3.63) is 50.7 Å². The van der Waals surface area contributed by atoms with Crippen LogP contribution in [-0.2, 0) is 4.74 Å². The molecule has 0 spiro atoms. The molecule has 0 aliphatic rings. The molecule has 1 heterocycles. The molecule has 1 aromatic carbocycles. The zero-order valence-corrected chi connectivity index (χ0v) is 13.8. The molecule has 6 heteroatoms. The van der Waals surface area contributed by atoms with Gasteiger partial charge >= 0.3 is 5.97 Å². The van der Waals surface area contributed by atoms with Crippen LogP contribution in [0, 0.1) is 6.92 Å². The van der Waals surface area contributed by atoms with E-state index in [0.29, 0.717) is 21.9 Å². The number of carbonyl (C=O) groups excluding carboxylic acids is 2. The Morgan fingerprint density at radius 2 is 1.91 bits per heavy atom. The molecule has 0 amide bonds. The Labute approximate surface area is 137 Å². The number of ketones is 1. The van der Waals surface area contributed by atoms with E-state index >= 15 is 0 Å². The highest BCUT2D eigenvalue weighted by Crippen LogP contribution is 2.29. The van der Waals surface area contributed by atoms with Crippen LogP contribution in [0.3, 0.4) is 0 Å². The van der Waals surface area contributed by atoms with Gasteiger partial charge in [0.05, 0.1) is 6.61 Å². The summed E-state index contributed by atoms with van der Waals surface area (Å²) in [6.45, 7) is 3.69. The number of hydrogen-bond acceptors (Lipinski definition) is 5. The summed E-state index contributed by atoms with van der Waals surface area (Å²) in [5.74, 6) is -0.242. The molecule has 0 N–H and O–H groups in total. The minimum Gasteiger partial charge on any atom is -0.484 e. The predicted octanol–water partition coefficient (Wildman–Crippen LogP) is 4.15. The highest BCUT2D eigenvalue weighted by molar-refractivity contribution is 7.10. The van der Waals surface area contributed by atoms with E-state index < -0.39 is 5.97 Å². The van der Waals surface area contributed by atoms with E-state index in [1.54, 1.807) is 36.6 Å². The molecule has 22 heavy (non-hydrogen) atoms. The van der Waals surface area contributed by atoms with Gasteiger partial charge in [-0.1, -0.05) is 11.6 Å². The molecule has 0 saturated carbocycles. The van der Waals surface area contributed by atoms with Crippen molar-refractivity contribution in [2.45, 2.75) is 13.8 Å². The Morgan fingerprint density at radius 3 is 2.55 bits per heavy atom. The molecule has 0 aliphatic heterocycles. The molecule has 4 nitrogen and oxygen atoms in total. The molecule has 116 valence electrons. The number of carbonyl (C=O) groups is 2. The van der Waals surface area contributed by atoms with Crippen LogP contribution in [0.25, 0.3) is 0 Å². The number of hydrogen-bond donors (Lipinski definition) is 0. The van der Waals surface area contributed by atoms with Gasteiger partial charge in [-0.3, -0.25) is 4.79 Å². The van der Waals surface area contributed by atoms with Crippen molar-refractivity contribution in [2.24, 2.45) is 0 Å². The fraction of sp³-hybridized carbons (Fsp3) is 0.250. The molecule has 0 unspecified atom stereocenters. The van der Waals surface area contributed by atoms with Gasteiger partial charge in [0.2, 0.25) is 0 Å². The van der Waals surface area contributed by atoms with Gasteiger partial charge < -0.3 is 9.47 Å². The average Bonchev–Trinajstić information content (AvgIpc) is 2.86. The van der Waals surface area contributed by atoms with Gasteiger partial charge in [-0.25, -0.2) is 4.79 Å². The molecular formula is C16H15ClO4S. The van der Waals surface area contributed by atoms with Crippen molar-refractivity contribution >= 4 is 34.7 Å². The van der Waals surface area contributed by atoms with E-state index in [4.69, 9.17) is 21.1 Å². The number of Topliss-reactive ketones (excluding diaryl/α,β-unsaturated/α-hetero) is 1. The maximum absolute atomic E-state index is 12.1. The second-order valence-corrected chi connectivity index (χ2v) is 5.99. The van der Waals surface area contributed by atoms with Gasteiger partial charge in [-0.05, 0) is 38.1 Å². The summed E-state index contributed by atoms with van der Waals surface area (Å²) in [5, 5.41) is 2.27. The Balaban J connectivity index is 2.07. The lowest BCUT2D eigenvalue weighted by atomic mass is 10.1. The third kappa shape index (κ3) is 3.87. The Morgan fingerprint density at radius 1 is 1.23 bits per heavy atom. The Kier molecular flexibility index (Phi) is 5.57. The maximum atomic E-state index is 12.1. The van der Waals surface area contributed by atoms with Crippen molar-refractivity contribution in [2.75, 3.05) is 13.2 Å². The van der Waals surface area contributed by atoms with E-state index in [-0.39, 0.29) is 19.0 Å². The van der Waals surface area contributed by atoms with Crippen molar-refractivity contribution in [1.29, 1.82) is 0 Å². The van der Waals surface area contributed by atoms with E-state index in [1.807, 2.05) is 6.92 Å². The first-order valence-electron chi connectivity index (χ1n) is 6.69. The fourth-order valence-electron chi connectivity index (χ4n) is 1.85. The second-order valence-electron chi connectivity index (χ2n) is 4.47. The van der Waals surface area contributed by atoms with Crippen molar-refractivity contribution in [3.63, 3.8) is 0 Å². The molecule has 2 aromatic rings. The lowest BCUT2D eigenvalue weighted by Gasteiger charge is -2.07. The normalized spacial score (nSPS) is 10.3. The molecule has 0 saturated heterocycles. The quantitative estimate of drug-likeness (QED) is 0.586. The topological polar surface area (TPSA) is 52.6 Å². The molecule has 0 bridgehead atoms. The second kappa shape index (κ2) is 7.42. The van der Waals surface area contributed by atoms with E-state index in [2.05, 4.69) is 0 Å². The lowest BCUT2D eigenvalue weighted by molar-refractivity contribution is 0.0520. The van der Waals surface area contributed by atoms with Crippen molar-refractivity contribution < 1.29 is 19.1 Å². The Bertz CT molecular complexity index is 676. The number of halogens is 1. The van der Waals surface area contributed by atoms with Crippen LogP contribution in [0.4, 0.5) is 0 Å². The number of rotatable bonds is 6. The highest BCUT2D eigenvalue weighted by atomic mass is 35.5. The summed E-state index contributed by atoms with van der Waals surface area (Å²) in [7, 11) is 0. The van der Waals surface area contributed by atoms with E-state index in [0.717, 1.165) is 4.88 Å². The largest absolute Gasteiger partial charge is 0.484 e. The van der Waals surface area contributed by atoms with Gasteiger partial charge in [0.1, 0.15) is 11.3 Å². The SMILES string of the molecule is CCOC(=O)c1c(OCC(=O)c2ccc(Cl)cc2)csc1C. The summed E-state index contributed by atoms with van der Waals surface area (Å²) in [5.41, 5.74) is 0.893. The zero-order chi connectivity index (χ0) is 16.1. The molecular weight excluding hydrogens is 324 g/mol. The minimum absolute atomic E-state index is 0.149. The average molecular weight is 339 g/mol. The number of aryl methyl sites for hydroxylation is 1. The summed E-state index contributed by atoms with van der Waals surface area (Å²) in [6.07, 6.45) is 0. The summed E-state index contributed by atoms with van der Waals surface area (Å²) < 4.78 is 10.5. The summed E-state index contributed by atoms with van der Waals surface area (Å²) >= 11 is 7.16. The highest BCUT2D eigenvalue weighted by Gasteiger charge is 2.20. The molecule has 1 aromatic heterocycles. The number of benzene rings is 1. The number of esters is 1. The zero-order valence-electron chi connectivity index (χ0n) is 12.2.